The number of piperidine rings is 1. The van der Waals surface area contributed by atoms with Gasteiger partial charge in [0.25, 0.3) is 0 Å². The van der Waals surface area contributed by atoms with Gasteiger partial charge in [0.15, 0.2) is 0 Å². The first-order valence-corrected chi connectivity index (χ1v) is 7.49. The topological polar surface area (TPSA) is 24.5 Å². The Labute approximate surface area is 112 Å². The van der Waals surface area contributed by atoms with Crippen molar-refractivity contribution in [2.45, 2.75) is 51.7 Å². The zero-order valence-corrected chi connectivity index (χ0v) is 12.5. The van der Waals surface area contributed by atoms with Gasteiger partial charge in [-0.1, -0.05) is 13.8 Å². The van der Waals surface area contributed by atoms with E-state index < -0.39 is 0 Å². The number of hydrogen-bond donors (Lipinski definition) is 1. The number of nitrogens with one attached hydrogen (secondary N) is 1. The van der Waals surface area contributed by atoms with E-state index in [2.05, 4.69) is 31.1 Å². The summed E-state index contributed by atoms with van der Waals surface area (Å²) in [6.45, 7) is 8.51. The summed E-state index contributed by atoms with van der Waals surface area (Å²) in [5.41, 5.74) is 0.463. The monoisotopic (exact) mass is 254 g/mol. The highest BCUT2D eigenvalue weighted by Crippen LogP contribution is 2.41. The molecule has 1 saturated carbocycles. The Morgan fingerprint density at radius 2 is 1.89 bits per heavy atom. The van der Waals surface area contributed by atoms with E-state index in [1.165, 1.54) is 45.3 Å². The molecule has 18 heavy (non-hydrogen) atoms. The Bertz CT molecular complexity index is 259. The van der Waals surface area contributed by atoms with E-state index in [0.717, 1.165) is 5.92 Å². The third-order valence-electron chi connectivity index (χ3n) is 5.14. The molecule has 1 aliphatic carbocycles. The van der Waals surface area contributed by atoms with Gasteiger partial charge in [0.1, 0.15) is 0 Å². The van der Waals surface area contributed by atoms with Crippen LogP contribution < -0.4 is 5.32 Å². The van der Waals surface area contributed by atoms with Crippen molar-refractivity contribution in [3.05, 3.63) is 0 Å². The van der Waals surface area contributed by atoms with Gasteiger partial charge in [-0.3, -0.25) is 0 Å². The highest BCUT2D eigenvalue weighted by Gasteiger charge is 2.41. The molecular weight excluding hydrogens is 224 g/mol. The number of likely N-dealkylation sites (tertiary alicyclic amines) is 1. The third kappa shape index (κ3) is 3.06. The lowest BCUT2D eigenvalue weighted by molar-refractivity contribution is 0.0346. The summed E-state index contributed by atoms with van der Waals surface area (Å²) in [4.78, 5) is 2.64. The molecular formula is C15H30N2O. The zero-order valence-electron chi connectivity index (χ0n) is 12.5. The molecule has 1 aliphatic heterocycles. The largest absolute Gasteiger partial charge is 0.381 e. The molecule has 2 atom stereocenters. The molecule has 106 valence electrons. The fourth-order valence-corrected chi connectivity index (χ4v) is 4.00. The first-order valence-electron chi connectivity index (χ1n) is 7.49. The van der Waals surface area contributed by atoms with Gasteiger partial charge in [-0.15, -0.1) is 0 Å². The first-order chi connectivity index (χ1) is 8.56. The average Bonchev–Trinajstić information content (AvgIpc) is 2.65. The molecule has 3 heteroatoms. The van der Waals surface area contributed by atoms with Crippen LogP contribution in [-0.2, 0) is 4.74 Å². The SMILES string of the molecule is CNC1C(CN2CCC(OC)CC2)CCC1(C)C. The van der Waals surface area contributed by atoms with Crippen molar-refractivity contribution in [2.75, 3.05) is 33.8 Å². The second-order valence-corrected chi connectivity index (χ2v) is 6.79. The number of rotatable bonds is 4. The molecule has 0 bridgehead atoms. The lowest BCUT2D eigenvalue weighted by Crippen LogP contribution is -2.46. The molecule has 3 nitrogen and oxygen atoms in total. The van der Waals surface area contributed by atoms with Gasteiger partial charge in [-0.25, -0.2) is 0 Å². The standard InChI is InChI=1S/C15H30N2O/c1-15(2)8-5-12(14(15)16-3)11-17-9-6-13(18-4)7-10-17/h12-14,16H,5-11H2,1-4H3. The van der Waals surface area contributed by atoms with Crippen molar-refractivity contribution < 1.29 is 4.74 Å². The number of nitrogens with zero attached hydrogens (tertiary/aromatic N) is 1. The molecule has 0 amide bonds. The first kappa shape index (κ1) is 14.3. The van der Waals surface area contributed by atoms with E-state index in [9.17, 15) is 0 Å². The van der Waals surface area contributed by atoms with Gasteiger partial charge >= 0.3 is 0 Å². The van der Waals surface area contributed by atoms with Crippen molar-refractivity contribution in [1.29, 1.82) is 0 Å². The molecule has 0 radical (unpaired) electrons. The average molecular weight is 254 g/mol. The molecule has 2 fully saturated rings. The fraction of sp³-hybridized carbons (Fsp3) is 1.00. The van der Waals surface area contributed by atoms with Crippen LogP contribution in [0.5, 0.6) is 0 Å². The molecule has 2 rings (SSSR count). The molecule has 0 aromatic rings. The molecule has 2 unspecified atom stereocenters. The van der Waals surface area contributed by atoms with Crippen LogP contribution in [0.1, 0.15) is 39.5 Å². The van der Waals surface area contributed by atoms with Crippen molar-refractivity contribution in [3.63, 3.8) is 0 Å². The summed E-state index contributed by atoms with van der Waals surface area (Å²) in [5, 5.41) is 3.56. The van der Waals surface area contributed by atoms with E-state index >= 15 is 0 Å². The highest BCUT2D eigenvalue weighted by atomic mass is 16.5. The predicted octanol–water partition coefficient (Wildman–Crippen LogP) is 2.12. The predicted molar refractivity (Wildman–Crippen MR) is 75.8 cm³/mol. The van der Waals surface area contributed by atoms with Crippen LogP contribution in [0.2, 0.25) is 0 Å². The molecule has 2 aliphatic rings. The Morgan fingerprint density at radius 3 is 2.44 bits per heavy atom. The summed E-state index contributed by atoms with van der Waals surface area (Å²) in [5.74, 6) is 0.823. The van der Waals surface area contributed by atoms with Crippen LogP contribution in [0.3, 0.4) is 0 Å². The van der Waals surface area contributed by atoms with Crippen LogP contribution in [0, 0.1) is 11.3 Å². The Balaban J connectivity index is 1.83. The van der Waals surface area contributed by atoms with Gasteiger partial charge in [-0.05, 0) is 44.1 Å². The maximum absolute atomic E-state index is 5.45. The Hall–Kier alpha value is -0.120. The van der Waals surface area contributed by atoms with E-state index in [1.54, 1.807) is 0 Å². The van der Waals surface area contributed by atoms with E-state index in [1.807, 2.05) is 7.11 Å². The molecule has 1 N–H and O–H groups in total. The van der Waals surface area contributed by atoms with Gasteiger partial charge in [0, 0.05) is 32.8 Å². The third-order valence-corrected chi connectivity index (χ3v) is 5.14. The quantitative estimate of drug-likeness (QED) is 0.832. The van der Waals surface area contributed by atoms with Crippen molar-refractivity contribution >= 4 is 0 Å². The molecule has 1 saturated heterocycles. The van der Waals surface area contributed by atoms with Gasteiger partial charge in [0.05, 0.1) is 6.10 Å². The Morgan fingerprint density at radius 1 is 1.22 bits per heavy atom. The van der Waals surface area contributed by atoms with Crippen LogP contribution in [-0.4, -0.2) is 50.8 Å². The minimum absolute atomic E-state index is 0.463. The Kier molecular flexibility index (Phi) is 4.68. The minimum Gasteiger partial charge on any atom is -0.381 e. The maximum atomic E-state index is 5.45. The summed E-state index contributed by atoms with van der Waals surface area (Å²) in [6, 6.07) is 0.678. The van der Waals surface area contributed by atoms with Crippen molar-refractivity contribution in [2.24, 2.45) is 11.3 Å². The molecule has 1 heterocycles. The van der Waals surface area contributed by atoms with Gasteiger partial charge < -0.3 is 15.0 Å². The van der Waals surface area contributed by atoms with Crippen LogP contribution >= 0.6 is 0 Å². The van der Waals surface area contributed by atoms with Crippen molar-refractivity contribution in [1.82, 2.24) is 10.2 Å². The van der Waals surface area contributed by atoms with Crippen LogP contribution in [0.15, 0.2) is 0 Å². The van der Waals surface area contributed by atoms with E-state index in [-0.39, 0.29) is 0 Å². The highest BCUT2D eigenvalue weighted by molar-refractivity contribution is 4.96. The van der Waals surface area contributed by atoms with Crippen molar-refractivity contribution in [3.8, 4) is 0 Å². The summed E-state index contributed by atoms with van der Waals surface area (Å²) < 4.78 is 5.45. The zero-order chi connectivity index (χ0) is 13.2. The fourth-order valence-electron chi connectivity index (χ4n) is 4.00. The summed E-state index contributed by atoms with van der Waals surface area (Å²) >= 11 is 0. The number of ether oxygens (including phenoxy) is 1. The smallest absolute Gasteiger partial charge is 0.0595 e. The minimum atomic E-state index is 0.463. The van der Waals surface area contributed by atoms with E-state index in [4.69, 9.17) is 4.74 Å². The maximum Gasteiger partial charge on any atom is 0.0595 e. The van der Waals surface area contributed by atoms with Gasteiger partial charge in [-0.2, -0.15) is 0 Å². The number of methoxy groups -OCH3 is 1. The lowest BCUT2D eigenvalue weighted by atomic mass is 9.84. The summed E-state index contributed by atoms with van der Waals surface area (Å²) in [7, 11) is 3.97. The molecule has 0 aromatic heterocycles. The number of hydrogen-bond acceptors (Lipinski definition) is 3. The van der Waals surface area contributed by atoms with Crippen LogP contribution in [0.25, 0.3) is 0 Å². The second kappa shape index (κ2) is 5.89. The van der Waals surface area contributed by atoms with E-state index in [0.29, 0.717) is 17.6 Å². The lowest BCUT2D eigenvalue weighted by Gasteiger charge is -2.36. The molecule has 0 spiro atoms. The van der Waals surface area contributed by atoms with Crippen LogP contribution in [0.4, 0.5) is 0 Å². The summed E-state index contributed by atoms with van der Waals surface area (Å²) in [6.07, 6.45) is 5.65. The molecule has 0 aromatic carbocycles. The second-order valence-electron chi connectivity index (χ2n) is 6.79. The normalized spacial score (nSPS) is 34.0. The van der Waals surface area contributed by atoms with Gasteiger partial charge in [0.2, 0.25) is 0 Å².